The van der Waals surface area contributed by atoms with Crippen molar-refractivity contribution in [1.82, 2.24) is 9.80 Å². The van der Waals surface area contributed by atoms with Crippen molar-refractivity contribution < 1.29 is 9.53 Å². The van der Waals surface area contributed by atoms with Gasteiger partial charge in [0.2, 0.25) is 0 Å². The van der Waals surface area contributed by atoms with Crippen molar-refractivity contribution in [2.45, 2.75) is 32.1 Å². The van der Waals surface area contributed by atoms with Crippen LogP contribution in [-0.4, -0.2) is 62.1 Å². The molecule has 0 radical (unpaired) electrons. The number of hydrogen-bond acceptors (Lipinski definition) is 4. The second-order valence-corrected chi connectivity index (χ2v) is 5.57. The zero-order valence-electron chi connectivity index (χ0n) is 11.6. The molecule has 1 unspecified atom stereocenters. The second-order valence-electron chi connectivity index (χ2n) is 5.57. The molecule has 0 amide bonds. The third-order valence-electron chi connectivity index (χ3n) is 4.19. The highest BCUT2D eigenvalue weighted by molar-refractivity contribution is 5.72. The van der Waals surface area contributed by atoms with Crippen molar-refractivity contribution in [3.63, 3.8) is 0 Å². The van der Waals surface area contributed by atoms with Gasteiger partial charge < -0.3 is 14.5 Å². The number of nitrogens with zero attached hydrogens (tertiary/aromatic N) is 2. The molecule has 2 fully saturated rings. The van der Waals surface area contributed by atoms with Gasteiger partial charge in [0.05, 0.1) is 13.0 Å². The summed E-state index contributed by atoms with van der Waals surface area (Å²) in [7, 11) is 1.49. The number of hydrogen-bond donors (Lipinski definition) is 0. The Morgan fingerprint density at radius 3 is 2.50 bits per heavy atom. The van der Waals surface area contributed by atoms with Gasteiger partial charge in [0.1, 0.15) is 0 Å². The highest BCUT2D eigenvalue weighted by Gasteiger charge is 2.26. The van der Waals surface area contributed by atoms with Gasteiger partial charge in [-0.15, -0.1) is 0 Å². The smallest absolute Gasteiger partial charge is 0.309 e. The van der Waals surface area contributed by atoms with E-state index in [1.165, 1.54) is 46.0 Å². The van der Waals surface area contributed by atoms with E-state index in [2.05, 4.69) is 9.80 Å². The van der Waals surface area contributed by atoms with Gasteiger partial charge in [-0.25, -0.2) is 0 Å². The largest absolute Gasteiger partial charge is 0.469 e. The predicted molar refractivity (Wildman–Crippen MR) is 71.5 cm³/mol. The maximum Gasteiger partial charge on any atom is 0.309 e. The van der Waals surface area contributed by atoms with E-state index < -0.39 is 0 Å². The summed E-state index contributed by atoms with van der Waals surface area (Å²) in [4.78, 5) is 16.5. The van der Waals surface area contributed by atoms with Gasteiger partial charge in [-0.2, -0.15) is 0 Å². The normalized spacial score (nSPS) is 26.4. The SMILES string of the molecule is COC(=O)C1CCCN(CCCN2CCCC2)C1. The minimum Gasteiger partial charge on any atom is -0.469 e. The third kappa shape index (κ3) is 3.95. The number of methoxy groups -OCH3 is 1. The zero-order valence-corrected chi connectivity index (χ0v) is 11.6. The number of carbonyl (C=O) groups is 1. The van der Waals surface area contributed by atoms with Crippen molar-refractivity contribution >= 4 is 5.97 Å². The van der Waals surface area contributed by atoms with Crippen LogP contribution in [0.4, 0.5) is 0 Å². The van der Waals surface area contributed by atoms with Crippen LogP contribution in [0.2, 0.25) is 0 Å². The standard InChI is InChI=1S/C14H26N2O2/c1-18-14(17)13-6-4-9-16(12-13)11-5-10-15-7-2-3-8-15/h13H,2-12H2,1H3. The molecule has 1 atom stereocenters. The van der Waals surface area contributed by atoms with E-state index in [9.17, 15) is 4.79 Å². The van der Waals surface area contributed by atoms with Gasteiger partial charge in [-0.3, -0.25) is 4.79 Å². The number of piperidine rings is 1. The molecule has 2 rings (SSSR count). The molecule has 0 spiro atoms. The van der Waals surface area contributed by atoms with Crippen LogP contribution >= 0.6 is 0 Å². The van der Waals surface area contributed by atoms with Crippen molar-refractivity contribution in [2.75, 3.05) is 46.4 Å². The van der Waals surface area contributed by atoms with E-state index >= 15 is 0 Å². The molecule has 2 saturated heterocycles. The quantitative estimate of drug-likeness (QED) is 0.694. The molecule has 0 aromatic carbocycles. The molecule has 0 aliphatic carbocycles. The summed E-state index contributed by atoms with van der Waals surface area (Å²) in [6.45, 7) is 6.96. The van der Waals surface area contributed by atoms with Crippen LogP contribution in [0.3, 0.4) is 0 Å². The summed E-state index contributed by atoms with van der Waals surface area (Å²) in [5, 5.41) is 0. The molecule has 2 heterocycles. The molecular formula is C14H26N2O2. The fourth-order valence-electron chi connectivity index (χ4n) is 3.14. The van der Waals surface area contributed by atoms with Gasteiger partial charge in [-0.1, -0.05) is 0 Å². The highest BCUT2D eigenvalue weighted by Crippen LogP contribution is 2.18. The predicted octanol–water partition coefficient (Wildman–Crippen LogP) is 1.36. The summed E-state index contributed by atoms with van der Waals surface area (Å²) in [5.41, 5.74) is 0. The molecule has 0 bridgehead atoms. The minimum atomic E-state index is -0.0285. The molecule has 0 aromatic heterocycles. The molecule has 2 aliphatic rings. The minimum absolute atomic E-state index is 0.0285. The van der Waals surface area contributed by atoms with Crippen LogP contribution in [0.15, 0.2) is 0 Å². The van der Waals surface area contributed by atoms with E-state index in [1.54, 1.807) is 0 Å². The van der Waals surface area contributed by atoms with Gasteiger partial charge in [0.25, 0.3) is 0 Å². The highest BCUT2D eigenvalue weighted by atomic mass is 16.5. The Kier molecular flexibility index (Phi) is 5.45. The van der Waals surface area contributed by atoms with Gasteiger partial charge in [0, 0.05) is 6.54 Å². The summed E-state index contributed by atoms with van der Waals surface area (Å²) < 4.78 is 4.85. The van der Waals surface area contributed by atoms with Gasteiger partial charge in [-0.05, 0) is 64.8 Å². The Morgan fingerprint density at radius 1 is 1.11 bits per heavy atom. The first kappa shape index (κ1) is 13.8. The van der Waals surface area contributed by atoms with Crippen molar-refractivity contribution in [3.8, 4) is 0 Å². The lowest BCUT2D eigenvalue weighted by Crippen LogP contribution is -2.40. The van der Waals surface area contributed by atoms with Crippen LogP contribution in [0, 0.1) is 5.92 Å². The lowest BCUT2D eigenvalue weighted by Gasteiger charge is -2.31. The summed E-state index contributed by atoms with van der Waals surface area (Å²) >= 11 is 0. The summed E-state index contributed by atoms with van der Waals surface area (Å²) in [6.07, 6.45) is 6.09. The molecule has 4 nitrogen and oxygen atoms in total. The Bertz CT molecular complexity index is 265. The monoisotopic (exact) mass is 254 g/mol. The molecule has 0 aromatic rings. The number of carbonyl (C=O) groups excluding carboxylic acids is 1. The van der Waals surface area contributed by atoms with Crippen molar-refractivity contribution in [2.24, 2.45) is 5.92 Å². The number of esters is 1. The molecule has 2 aliphatic heterocycles. The van der Waals surface area contributed by atoms with Gasteiger partial charge >= 0.3 is 5.97 Å². The second kappa shape index (κ2) is 7.10. The zero-order chi connectivity index (χ0) is 12.8. The van der Waals surface area contributed by atoms with Crippen LogP contribution < -0.4 is 0 Å². The third-order valence-corrected chi connectivity index (χ3v) is 4.19. The van der Waals surface area contributed by atoms with E-state index in [1.807, 2.05) is 0 Å². The number of ether oxygens (including phenoxy) is 1. The van der Waals surface area contributed by atoms with E-state index in [-0.39, 0.29) is 11.9 Å². The van der Waals surface area contributed by atoms with Crippen LogP contribution in [0.25, 0.3) is 0 Å². The number of rotatable bonds is 5. The lowest BCUT2D eigenvalue weighted by molar-refractivity contribution is -0.147. The Balaban J connectivity index is 1.64. The maximum atomic E-state index is 11.5. The summed E-state index contributed by atoms with van der Waals surface area (Å²) in [5.74, 6) is 0.0785. The molecule has 18 heavy (non-hydrogen) atoms. The average Bonchev–Trinajstić information content (AvgIpc) is 2.91. The van der Waals surface area contributed by atoms with E-state index in [4.69, 9.17) is 4.74 Å². The van der Waals surface area contributed by atoms with Crippen LogP contribution in [0.5, 0.6) is 0 Å². The lowest BCUT2D eigenvalue weighted by atomic mass is 9.98. The first-order valence-corrected chi connectivity index (χ1v) is 7.32. The Morgan fingerprint density at radius 2 is 1.78 bits per heavy atom. The van der Waals surface area contributed by atoms with Crippen molar-refractivity contribution in [3.05, 3.63) is 0 Å². The number of likely N-dealkylation sites (tertiary alicyclic amines) is 2. The first-order valence-electron chi connectivity index (χ1n) is 7.32. The first-order chi connectivity index (χ1) is 8.79. The summed E-state index contributed by atoms with van der Waals surface area (Å²) in [6, 6.07) is 0. The van der Waals surface area contributed by atoms with Gasteiger partial charge in [0.15, 0.2) is 0 Å². The topological polar surface area (TPSA) is 32.8 Å². The van der Waals surface area contributed by atoms with Crippen LogP contribution in [-0.2, 0) is 9.53 Å². The molecule has 4 heteroatoms. The Hall–Kier alpha value is -0.610. The van der Waals surface area contributed by atoms with E-state index in [0.717, 1.165) is 32.5 Å². The average molecular weight is 254 g/mol. The molecular weight excluding hydrogens is 228 g/mol. The fourth-order valence-corrected chi connectivity index (χ4v) is 3.14. The molecule has 0 N–H and O–H groups in total. The fraction of sp³-hybridized carbons (Fsp3) is 0.929. The Labute approximate surface area is 110 Å². The van der Waals surface area contributed by atoms with Crippen LogP contribution in [0.1, 0.15) is 32.1 Å². The molecule has 0 saturated carbocycles. The maximum absolute atomic E-state index is 11.5. The van der Waals surface area contributed by atoms with Crippen molar-refractivity contribution in [1.29, 1.82) is 0 Å². The van der Waals surface area contributed by atoms with E-state index in [0.29, 0.717) is 0 Å². The molecule has 104 valence electrons.